The van der Waals surface area contributed by atoms with Crippen LogP contribution in [0.4, 0.5) is 0 Å². The number of benzene rings is 1. The lowest BCUT2D eigenvalue weighted by Gasteiger charge is -1.98. The number of ether oxygens (including phenoxy) is 1. The average molecular weight is 292 g/mol. The molecular weight excluding hydrogens is 272 g/mol. The fourth-order valence-corrected chi connectivity index (χ4v) is 1.50. The molecule has 0 unspecified atom stereocenters. The number of hydrogen-bond acceptors (Lipinski definition) is 2. The molecule has 0 aromatic heterocycles. The average Bonchev–Trinajstić information content (AvgIpc) is 2.56. The minimum absolute atomic E-state index is 0.748. The van der Waals surface area contributed by atoms with Crippen molar-refractivity contribution in [1.82, 2.24) is 0 Å². The smallest absolute Gasteiger partial charge is 0.142 e. The van der Waals surface area contributed by atoms with Gasteiger partial charge in [0.15, 0.2) is 0 Å². The van der Waals surface area contributed by atoms with Crippen LogP contribution in [-0.4, -0.2) is 13.4 Å². The van der Waals surface area contributed by atoms with E-state index in [1.807, 2.05) is 78.9 Å². The van der Waals surface area contributed by atoms with Gasteiger partial charge in [0.05, 0.1) is 7.11 Å². The first-order valence-corrected chi connectivity index (χ1v) is 6.96. The van der Waals surface area contributed by atoms with Gasteiger partial charge in [0.2, 0.25) is 0 Å². The van der Waals surface area contributed by atoms with Gasteiger partial charge in [0, 0.05) is 0 Å². The van der Waals surface area contributed by atoms with E-state index in [2.05, 4.69) is 0 Å². The summed E-state index contributed by atoms with van der Waals surface area (Å²) < 4.78 is 5.11. The minimum atomic E-state index is 0.748. The summed E-state index contributed by atoms with van der Waals surface area (Å²) in [5, 5.41) is 0. The van der Waals surface area contributed by atoms with Crippen molar-refractivity contribution >= 4 is 12.4 Å². The van der Waals surface area contributed by atoms with E-state index in [0.717, 1.165) is 17.6 Å². The molecule has 112 valence electrons. The zero-order valence-corrected chi connectivity index (χ0v) is 12.6. The Balaban J connectivity index is 2.32. The fourth-order valence-electron chi connectivity index (χ4n) is 1.50. The van der Waals surface area contributed by atoms with Gasteiger partial charge in [-0.15, -0.1) is 0 Å². The van der Waals surface area contributed by atoms with Crippen LogP contribution in [-0.2, 0) is 4.79 Å². The molecule has 0 amide bonds. The van der Waals surface area contributed by atoms with Gasteiger partial charge in [-0.2, -0.15) is 0 Å². The van der Waals surface area contributed by atoms with Crippen molar-refractivity contribution in [1.29, 1.82) is 0 Å². The molecule has 1 rings (SSSR count). The Bertz CT molecular complexity index is 597. The van der Waals surface area contributed by atoms with Crippen LogP contribution in [0.3, 0.4) is 0 Å². The Kier molecular flexibility index (Phi) is 9.31. The van der Waals surface area contributed by atoms with Gasteiger partial charge in [-0.3, -0.25) is 4.79 Å². The van der Waals surface area contributed by atoms with Crippen LogP contribution in [0.5, 0.6) is 5.75 Å². The molecule has 0 aliphatic carbocycles. The normalized spacial score (nSPS) is 12.8. The highest BCUT2D eigenvalue weighted by Gasteiger charge is 1.88. The first kappa shape index (κ1) is 17.2. The second-order valence-corrected chi connectivity index (χ2v) is 4.19. The van der Waals surface area contributed by atoms with E-state index >= 15 is 0 Å². The standard InChI is InChI=1S/C20H20O2/c1-22-20-16-14-19(15-17-20)13-11-9-7-5-3-2-4-6-8-10-12-18-21/h2-18H,1H3/b4-2+,5-3+,8-6+,9-7+,12-10+,13-11+. The maximum Gasteiger partial charge on any atom is 0.142 e. The summed E-state index contributed by atoms with van der Waals surface area (Å²) in [6.45, 7) is 0. The molecule has 0 heterocycles. The molecule has 1 aromatic carbocycles. The van der Waals surface area contributed by atoms with Crippen molar-refractivity contribution in [2.75, 3.05) is 7.11 Å². The maximum atomic E-state index is 10.0. The van der Waals surface area contributed by atoms with E-state index < -0.39 is 0 Å². The summed E-state index contributed by atoms with van der Waals surface area (Å²) in [5.41, 5.74) is 1.13. The molecule has 0 saturated carbocycles. The van der Waals surface area contributed by atoms with Crippen LogP contribution in [0.25, 0.3) is 6.08 Å². The van der Waals surface area contributed by atoms with Crippen molar-refractivity contribution < 1.29 is 9.53 Å². The van der Waals surface area contributed by atoms with Gasteiger partial charge >= 0.3 is 0 Å². The highest BCUT2D eigenvalue weighted by Crippen LogP contribution is 2.12. The SMILES string of the molecule is COc1ccc(/C=C/C=C/C=C/C=C/C=C/C=C/C=O)cc1. The monoisotopic (exact) mass is 292 g/mol. The number of allylic oxidation sites excluding steroid dienone is 11. The maximum absolute atomic E-state index is 10.0. The predicted octanol–water partition coefficient (Wildman–Crippen LogP) is 4.69. The molecule has 0 aliphatic rings. The molecule has 2 heteroatoms. The fraction of sp³-hybridized carbons (Fsp3) is 0.0500. The summed E-state index contributed by atoms with van der Waals surface area (Å²) in [6.07, 6.45) is 23.2. The van der Waals surface area contributed by atoms with Crippen LogP contribution in [0.2, 0.25) is 0 Å². The van der Waals surface area contributed by atoms with Gasteiger partial charge in [-0.1, -0.05) is 79.0 Å². The second kappa shape index (κ2) is 11.9. The highest BCUT2D eigenvalue weighted by atomic mass is 16.5. The Morgan fingerprint density at radius 2 is 1.14 bits per heavy atom. The molecule has 2 nitrogen and oxygen atoms in total. The van der Waals surface area contributed by atoms with E-state index in [1.54, 1.807) is 19.3 Å². The topological polar surface area (TPSA) is 26.3 Å². The first-order chi connectivity index (χ1) is 10.9. The zero-order chi connectivity index (χ0) is 15.9. The molecule has 1 aromatic rings. The van der Waals surface area contributed by atoms with E-state index in [-0.39, 0.29) is 0 Å². The predicted molar refractivity (Wildman–Crippen MR) is 93.8 cm³/mol. The van der Waals surface area contributed by atoms with Crippen molar-refractivity contribution in [2.45, 2.75) is 0 Å². The van der Waals surface area contributed by atoms with Crippen LogP contribution in [0, 0.1) is 0 Å². The molecular formula is C20H20O2. The van der Waals surface area contributed by atoms with E-state index in [9.17, 15) is 4.79 Å². The van der Waals surface area contributed by atoms with Crippen LogP contribution >= 0.6 is 0 Å². The summed E-state index contributed by atoms with van der Waals surface area (Å²) in [5.74, 6) is 0.859. The Labute approximate surface area is 132 Å². The molecule has 0 fully saturated rings. The number of rotatable bonds is 8. The molecule has 22 heavy (non-hydrogen) atoms. The minimum Gasteiger partial charge on any atom is -0.497 e. The van der Waals surface area contributed by atoms with E-state index in [0.29, 0.717) is 0 Å². The van der Waals surface area contributed by atoms with E-state index in [1.165, 1.54) is 6.08 Å². The van der Waals surface area contributed by atoms with Crippen LogP contribution in [0.1, 0.15) is 5.56 Å². The third-order valence-electron chi connectivity index (χ3n) is 2.59. The van der Waals surface area contributed by atoms with Crippen molar-refractivity contribution in [3.8, 4) is 5.75 Å². The third-order valence-corrected chi connectivity index (χ3v) is 2.59. The largest absolute Gasteiger partial charge is 0.497 e. The third kappa shape index (κ3) is 8.33. The lowest BCUT2D eigenvalue weighted by Crippen LogP contribution is -1.81. The van der Waals surface area contributed by atoms with Gasteiger partial charge in [0.25, 0.3) is 0 Å². The molecule has 0 bridgehead atoms. The van der Waals surface area contributed by atoms with Gasteiger partial charge in [-0.05, 0) is 23.8 Å². The molecule has 0 radical (unpaired) electrons. The van der Waals surface area contributed by atoms with Crippen molar-refractivity contribution in [2.24, 2.45) is 0 Å². The number of hydrogen-bond donors (Lipinski definition) is 0. The number of methoxy groups -OCH3 is 1. The number of carbonyl (C=O) groups is 1. The number of carbonyl (C=O) groups excluding carboxylic acids is 1. The van der Waals surface area contributed by atoms with Gasteiger partial charge in [0.1, 0.15) is 12.0 Å². The highest BCUT2D eigenvalue weighted by molar-refractivity contribution is 5.65. The van der Waals surface area contributed by atoms with Gasteiger partial charge in [-0.25, -0.2) is 0 Å². The van der Waals surface area contributed by atoms with E-state index in [4.69, 9.17) is 4.74 Å². The molecule has 0 atom stereocenters. The Morgan fingerprint density at radius 1 is 0.682 bits per heavy atom. The molecule has 0 spiro atoms. The first-order valence-electron chi connectivity index (χ1n) is 6.96. The second-order valence-electron chi connectivity index (χ2n) is 4.19. The summed E-state index contributed by atoms with van der Waals surface area (Å²) in [6, 6.07) is 7.89. The Morgan fingerprint density at radius 3 is 1.59 bits per heavy atom. The van der Waals surface area contributed by atoms with Crippen molar-refractivity contribution in [3.05, 3.63) is 96.7 Å². The Hall–Kier alpha value is -2.87. The molecule has 0 N–H and O–H groups in total. The van der Waals surface area contributed by atoms with Crippen molar-refractivity contribution in [3.63, 3.8) is 0 Å². The van der Waals surface area contributed by atoms with Crippen LogP contribution < -0.4 is 4.74 Å². The number of aldehydes is 1. The van der Waals surface area contributed by atoms with Gasteiger partial charge < -0.3 is 4.74 Å². The summed E-state index contributed by atoms with van der Waals surface area (Å²) in [7, 11) is 1.66. The zero-order valence-electron chi connectivity index (χ0n) is 12.6. The summed E-state index contributed by atoms with van der Waals surface area (Å²) in [4.78, 5) is 10.0. The molecule has 0 saturated heterocycles. The molecule has 0 aliphatic heterocycles. The lowest BCUT2D eigenvalue weighted by molar-refractivity contribution is -0.104. The summed E-state index contributed by atoms with van der Waals surface area (Å²) >= 11 is 0. The lowest BCUT2D eigenvalue weighted by atomic mass is 10.2. The van der Waals surface area contributed by atoms with Crippen LogP contribution in [0.15, 0.2) is 91.1 Å². The quantitative estimate of drug-likeness (QED) is 0.395.